The van der Waals surface area contributed by atoms with Crippen LogP contribution in [0.2, 0.25) is 0 Å². The molecule has 0 aliphatic carbocycles. The van der Waals surface area contributed by atoms with E-state index >= 15 is 0 Å². The summed E-state index contributed by atoms with van der Waals surface area (Å²) in [6, 6.07) is 14.3. The van der Waals surface area contributed by atoms with Gasteiger partial charge < -0.3 is 4.90 Å². The largest absolute Gasteiger partial charge is 0.309 e. The zero-order valence-electron chi connectivity index (χ0n) is 15.3. The van der Waals surface area contributed by atoms with E-state index in [1.807, 2.05) is 47.9 Å². The van der Waals surface area contributed by atoms with E-state index in [0.717, 1.165) is 22.5 Å². The summed E-state index contributed by atoms with van der Waals surface area (Å²) in [5, 5.41) is 2.54. The summed E-state index contributed by atoms with van der Waals surface area (Å²) in [5.41, 5.74) is 3.46. The number of fused-ring (bicyclic) bond motifs is 2. The van der Waals surface area contributed by atoms with E-state index < -0.39 is 0 Å². The molecule has 1 aliphatic heterocycles. The molecular formula is C22H18N4OS. The van der Waals surface area contributed by atoms with Crippen molar-refractivity contribution in [2.75, 3.05) is 4.90 Å². The van der Waals surface area contributed by atoms with Gasteiger partial charge in [-0.3, -0.25) is 9.78 Å². The number of rotatable bonds is 3. The van der Waals surface area contributed by atoms with Gasteiger partial charge in [0.15, 0.2) is 5.65 Å². The second kappa shape index (κ2) is 6.73. The number of hydrogen-bond donors (Lipinski definition) is 1. The highest BCUT2D eigenvalue weighted by molar-refractivity contribution is 7.10. The smallest absolute Gasteiger partial charge is 0.262 e. The first-order chi connectivity index (χ1) is 13.7. The van der Waals surface area contributed by atoms with Gasteiger partial charge in [-0.25, -0.2) is 4.98 Å². The van der Waals surface area contributed by atoms with Crippen LogP contribution in [0.4, 0.5) is 11.6 Å². The van der Waals surface area contributed by atoms with Crippen LogP contribution < -0.4 is 10.5 Å². The van der Waals surface area contributed by atoms with E-state index in [1.165, 1.54) is 5.56 Å². The minimum Gasteiger partial charge on any atom is -0.309 e. The Morgan fingerprint density at radius 2 is 2.07 bits per heavy atom. The lowest BCUT2D eigenvalue weighted by Gasteiger charge is -2.23. The highest BCUT2D eigenvalue weighted by atomic mass is 32.1. The second-order valence-corrected chi connectivity index (χ2v) is 7.87. The summed E-state index contributed by atoms with van der Waals surface area (Å²) >= 11 is 1.65. The fraction of sp³-hybridized carbons (Fsp3) is 0.136. The van der Waals surface area contributed by atoms with E-state index in [9.17, 15) is 4.79 Å². The SMILES string of the molecule is CC1Cc2ccccc2N1c1nc2nccc(/C=C/c3cccs3)c2c(=O)[nH]1. The topological polar surface area (TPSA) is 61.9 Å². The van der Waals surface area contributed by atoms with E-state index in [0.29, 0.717) is 17.0 Å². The van der Waals surface area contributed by atoms with Gasteiger partial charge in [0.25, 0.3) is 5.56 Å². The molecule has 0 saturated carbocycles. The van der Waals surface area contributed by atoms with Crippen molar-refractivity contribution in [2.45, 2.75) is 19.4 Å². The van der Waals surface area contributed by atoms with Gasteiger partial charge in [-0.2, -0.15) is 4.98 Å². The van der Waals surface area contributed by atoms with Crippen LogP contribution in [0.5, 0.6) is 0 Å². The maximum absolute atomic E-state index is 13.0. The summed E-state index contributed by atoms with van der Waals surface area (Å²) in [4.78, 5) is 28.2. The van der Waals surface area contributed by atoms with Crippen LogP contribution in [0.1, 0.15) is 22.9 Å². The summed E-state index contributed by atoms with van der Waals surface area (Å²) in [6.07, 6.45) is 6.58. The Labute approximate surface area is 166 Å². The van der Waals surface area contributed by atoms with Crippen molar-refractivity contribution in [3.8, 4) is 0 Å². The van der Waals surface area contributed by atoms with Crippen molar-refractivity contribution < 1.29 is 0 Å². The summed E-state index contributed by atoms with van der Waals surface area (Å²) < 4.78 is 0. The highest BCUT2D eigenvalue weighted by Gasteiger charge is 2.28. The van der Waals surface area contributed by atoms with Crippen LogP contribution in [0, 0.1) is 0 Å². The van der Waals surface area contributed by atoms with Crippen LogP contribution >= 0.6 is 11.3 Å². The molecule has 6 heteroatoms. The van der Waals surface area contributed by atoms with E-state index in [1.54, 1.807) is 17.5 Å². The molecule has 5 nitrogen and oxygen atoms in total. The molecule has 0 spiro atoms. The van der Waals surface area contributed by atoms with E-state index in [4.69, 9.17) is 4.98 Å². The van der Waals surface area contributed by atoms with Gasteiger partial charge >= 0.3 is 0 Å². The molecule has 0 saturated heterocycles. The van der Waals surface area contributed by atoms with Gasteiger partial charge in [-0.15, -0.1) is 11.3 Å². The lowest BCUT2D eigenvalue weighted by atomic mass is 10.1. The molecule has 3 aromatic heterocycles. The number of para-hydroxylation sites is 1. The Balaban J connectivity index is 1.62. The predicted molar refractivity (Wildman–Crippen MR) is 115 cm³/mol. The molecule has 1 N–H and O–H groups in total. The predicted octanol–water partition coefficient (Wildman–Crippen LogP) is 4.63. The lowest BCUT2D eigenvalue weighted by molar-refractivity contribution is 0.740. The van der Waals surface area contributed by atoms with Crippen molar-refractivity contribution in [1.82, 2.24) is 15.0 Å². The van der Waals surface area contributed by atoms with Gasteiger partial charge in [0.2, 0.25) is 5.95 Å². The second-order valence-electron chi connectivity index (χ2n) is 6.89. The molecule has 0 radical (unpaired) electrons. The van der Waals surface area contributed by atoms with Crippen molar-refractivity contribution in [3.63, 3.8) is 0 Å². The average molecular weight is 386 g/mol. The standard InChI is InChI=1S/C22H18N4OS/c1-14-13-16-5-2-3-7-18(16)26(14)22-24-20-19(21(27)25-22)15(10-11-23-20)8-9-17-6-4-12-28-17/h2-12,14H,13H2,1H3,(H,23,24,25,27)/b9-8+. The number of nitrogens with one attached hydrogen (secondary N) is 1. The minimum absolute atomic E-state index is 0.171. The number of pyridine rings is 1. The molecule has 5 rings (SSSR count). The average Bonchev–Trinajstić information content (AvgIpc) is 3.32. The fourth-order valence-electron chi connectivity index (χ4n) is 3.77. The molecule has 4 aromatic rings. The highest BCUT2D eigenvalue weighted by Crippen LogP contribution is 2.36. The fourth-order valence-corrected chi connectivity index (χ4v) is 4.39. The maximum atomic E-state index is 13.0. The molecule has 0 fully saturated rings. The summed E-state index contributed by atoms with van der Waals surface area (Å²) in [6.45, 7) is 2.14. The van der Waals surface area contributed by atoms with Crippen molar-refractivity contribution in [3.05, 3.63) is 80.4 Å². The minimum atomic E-state index is -0.171. The summed E-state index contributed by atoms with van der Waals surface area (Å²) in [7, 11) is 0. The third-order valence-corrected chi connectivity index (χ3v) is 5.87. The zero-order chi connectivity index (χ0) is 19.1. The molecule has 0 bridgehead atoms. The normalized spacial score (nSPS) is 16.2. The molecule has 1 aliphatic rings. The van der Waals surface area contributed by atoms with Crippen molar-refractivity contribution in [2.24, 2.45) is 0 Å². The Morgan fingerprint density at radius 3 is 2.93 bits per heavy atom. The van der Waals surface area contributed by atoms with Gasteiger partial charge in [0.1, 0.15) is 0 Å². The number of H-pyrrole nitrogens is 1. The molecule has 0 amide bonds. The number of aromatic nitrogens is 3. The van der Waals surface area contributed by atoms with Gasteiger partial charge in [0.05, 0.1) is 5.39 Å². The number of anilines is 2. The third kappa shape index (κ3) is 2.82. The van der Waals surface area contributed by atoms with Crippen molar-refractivity contribution >= 4 is 46.2 Å². The first kappa shape index (κ1) is 16.9. The number of hydrogen-bond acceptors (Lipinski definition) is 5. The first-order valence-corrected chi connectivity index (χ1v) is 10.1. The number of aromatic amines is 1. The van der Waals surface area contributed by atoms with Gasteiger partial charge in [-0.1, -0.05) is 30.3 Å². The Bertz CT molecular complexity index is 1240. The molecule has 4 heterocycles. The Hall–Kier alpha value is -3.25. The molecule has 138 valence electrons. The monoisotopic (exact) mass is 386 g/mol. The van der Waals surface area contributed by atoms with E-state index in [2.05, 4.69) is 33.9 Å². The van der Waals surface area contributed by atoms with Crippen molar-refractivity contribution in [1.29, 1.82) is 0 Å². The Kier molecular flexibility index (Phi) is 4.06. The summed E-state index contributed by atoms with van der Waals surface area (Å²) in [5.74, 6) is 0.543. The molecule has 1 aromatic carbocycles. The van der Waals surface area contributed by atoms with Gasteiger partial charge in [0, 0.05) is 22.8 Å². The Morgan fingerprint density at radius 1 is 1.18 bits per heavy atom. The van der Waals surface area contributed by atoms with E-state index in [-0.39, 0.29) is 11.6 Å². The first-order valence-electron chi connectivity index (χ1n) is 9.18. The van der Waals surface area contributed by atoms with Crippen LogP contribution in [-0.4, -0.2) is 21.0 Å². The number of nitrogens with zero attached hydrogens (tertiary/aromatic N) is 3. The van der Waals surface area contributed by atoms with Crippen LogP contribution in [0.15, 0.2) is 58.8 Å². The quantitative estimate of drug-likeness (QED) is 0.557. The zero-order valence-corrected chi connectivity index (χ0v) is 16.1. The molecule has 28 heavy (non-hydrogen) atoms. The molecule has 1 unspecified atom stereocenters. The lowest BCUT2D eigenvalue weighted by Crippen LogP contribution is -2.28. The van der Waals surface area contributed by atoms with Crippen LogP contribution in [-0.2, 0) is 6.42 Å². The number of thiophene rings is 1. The molecule has 1 atom stereocenters. The third-order valence-electron chi connectivity index (χ3n) is 5.03. The van der Waals surface area contributed by atoms with Crippen LogP contribution in [0.3, 0.4) is 0 Å². The van der Waals surface area contributed by atoms with Crippen LogP contribution in [0.25, 0.3) is 23.2 Å². The maximum Gasteiger partial charge on any atom is 0.262 e. The van der Waals surface area contributed by atoms with Gasteiger partial charge in [-0.05, 0) is 54.1 Å². The molecular weight excluding hydrogens is 368 g/mol. The number of benzene rings is 1.